The second-order valence-electron chi connectivity index (χ2n) is 12.8. The third-order valence-corrected chi connectivity index (χ3v) is 15.9. The second-order valence-corrected chi connectivity index (χ2v) is 18.0. The highest BCUT2D eigenvalue weighted by molar-refractivity contribution is 6.91. The van der Waals surface area contributed by atoms with E-state index >= 15 is 0 Å². The molecule has 1 saturated carbocycles. The Kier molecular flexibility index (Phi) is 8.86. The minimum Gasteiger partial charge on any atom is -0.377 e. The van der Waals surface area contributed by atoms with Crippen molar-refractivity contribution in [2.45, 2.75) is 109 Å². The molecule has 6 rings (SSSR count). The van der Waals surface area contributed by atoms with Gasteiger partial charge in [0.15, 0.2) is 0 Å². The molecule has 5 nitrogen and oxygen atoms in total. The van der Waals surface area contributed by atoms with Gasteiger partial charge in [-0.1, -0.05) is 69.2 Å². The number of benzene rings is 1. The van der Waals surface area contributed by atoms with Crippen molar-refractivity contribution in [3.8, 4) is 0 Å². The van der Waals surface area contributed by atoms with Crippen LogP contribution in [0, 0.1) is 5.92 Å². The lowest BCUT2D eigenvalue weighted by atomic mass is 9.77. The number of rotatable bonds is 12. The lowest BCUT2D eigenvalue weighted by molar-refractivity contribution is -0.144. The largest absolute Gasteiger partial charge is 0.377 e. The molecule has 4 heterocycles. The normalized spacial score (nSPS) is 19.5. The number of amides is 1. The number of hydrogen-bond donors (Lipinski definition) is 1. The highest BCUT2D eigenvalue weighted by Crippen LogP contribution is 2.38. The van der Waals surface area contributed by atoms with E-state index in [1.54, 1.807) is 0 Å². The summed E-state index contributed by atoms with van der Waals surface area (Å²) in [5.41, 5.74) is 4.03. The zero-order valence-electron chi connectivity index (χ0n) is 25.4. The minimum atomic E-state index is -1.66. The average molecular weight is 560 g/mol. The third-order valence-electron chi connectivity index (χ3n) is 10.3. The van der Waals surface area contributed by atoms with Crippen LogP contribution in [0.1, 0.15) is 83.5 Å². The molecule has 2 bridgehead atoms. The van der Waals surface area contributed by atoms with Crippen LogP contribution < -0.4 is 5.32 Å². The zero-order valence-corrected chi connectivity index (χ0v) is 26.4. The van der Waals surface area contributed by atoms with Gasteiger partial charge in [0.05, 0.1) is 29.4 Å². The van der Waals surface area contributed by atoms with Crippen molar-refractivity contribution < 1.29 is 9.53 Å². The summed E-state index contributed by atoms with van der Waals surface area (Å²) in [5, 5.41) is 2.76. The number of aromatic nitrogens is 2. The van der Waals surface area contributed by atoms with Crippen LogP contribution in [0.2, 0.25) is 18.1 Å². The van der Waals surface area contributed by atoms with Crippen molar-refractivity contribution in [2.24, 2.45) is 5.92 Å². The Hall–Kier alpha value is -2.44. The van der Waals surface area contributed by atoms with E-state index in [-0.39, 0.29) is 5.91 Å². The Labute approximate surface area is 242 Å². The molecule has 0 atom stereocenters. The molecule has 3 aromatic rings. The molecule has 6 heteroatoms. The van der Waals surface area contributed by atoms with Gasteiger partial charge in [-0.25, -0.2) is 0 Å². The SMILES string of the molecule is CC[Si](CC)(CC)c1[nH]c2cnc(C(C)(C)C(=O)N3CC4CCC3CC4)cc2c1CCCOCc1ccccc1. The van der Waals surface area contributed by atoms with Gasteiger partial charge in [-0.15, -0.1) is 0 Å². The maximum absolute atomic E-state index is 14.0. The standard InChI is InChI=1S/C34H49N3O2Si/c1-6-40(7-2,8-3)32-28(15-12-20-39-24-26-13-10-9-11-14-26)29-21-31(35-22-30(29)36-32)34(4,5)33(38)37-23-25-16-18-27(37)19-17-25/h9-11,13-14,21-22,25,27,36H,6-8,12,15-20,23-24H2,1-5H3. The number of aryl methyl sites for hydroxylation is 1. The molecule has 2 aromatic heterocycles. The predicted octanol–water partition coefficient (Wildman–Crippen LogP) is 7.11. The van der Waals surface area contributed by atoms with Crippen LogP contribution in [0.25, 0.3) is 10.9 Å². The first-order valence-corrected chi connectivity index (χ1v) is 18.4. The molecule has 1 N–H and O–H groups in total. The van der Waals surface area contributed by atoms with Gasteiger partial charge in [0.25, 0.3) is 0 Å². The summed E-state index contributed by atoms with van der Waals surface area (Å²) in [6, 6.07) is 16.8. The molecule has 1 aliphatic carbocycles. The van der Waals surface area contributed by atoms with Gasteiger partial charge in [-0.3, -0.25) is 9.78 Å². The van der Waals surface area contributed by atoms with Crippen LogP contribution in [0.4, 0.5) is 0 Å². The molecular formula is C34H49N3O2Si. The number of piperidine rings is 2. The van der Waals surface area contributed by atoms with Crippen LogP contribution >= 0.6 is 0 Å². The molecule has 0 unspecified atom stereocenters. The number of H-pyrrole nitrogens is 1. The summed E-state index contributed by atoms with van der Waals surface area (Å²) in [6.45, 7) is 13.6. The first-order chi connectivity index (χ1) is 19.3. The number of pyridine rings is 1. The van der Waals surface area contributed by atoms with E-state index in [4.69, 9.17) is 9.72 Å². The van der Waals surface area contributed by atoms with E-state index in [0.717, 1.165) is 50.0 Å². The van der Waals surface area contributed by atoms with Crippen LogP contribution in [-0.2, 0) is 28.0 Å². The number of carbonyl (C=O) groups is 1. The summed E-state index contributed by atoms with van der Waals surface area (Å²) < 4.78 is 6.07. The molecule has 0 spiro atoms. The quantitative estimate of drug-likeness (QED) is 0.190. The highest BCUT2D eigenvalue weighted by Gasteiger charge is 2.43. The fourth-order valence-electron chi connectivity index (χ4n) is 7.38. The molecule has 2 aliphatic heterocycles. The van der Waals surface area contributed by atoms with Crippen molar-refractivity contribution in [1.82, 2.24) is 14.9 Å². The van der Waals surface area contributed by atoms with Crippen molar-refractivity contribution in [1.29, 1.82) is 0 Å². The molecule has 3 fully saturated rings. The van der Waals surface area contributed by atoms with Gasteiger partial charge in [-0.2, -0.15) is 0 Å². The summed E-state index contributed by atoms with van der Waals surface area (Å²) >= 11 is 0. The first kappa shape index (κ1) is 29.1. The lowest BCUT2D eigenvalue weighted by Crippen LogP contribution is -2.55. The Balaban J connectivity index is 1.42. The summed E-state index contributed by atoms with van der Waals surface area (Å²) in [7, 11) is -1.66. The monoisotopic (exact) mass is 559 g/mol. The molecule has 0 radical (unpaired) electrons. The van der Waals surface area contributed by atoms with E-state index in [9.17, 15) is 4.79 Å². The average Bonchev–Trinajstić information content (AvgIpc) is 3.37. The van der Waals surface area contributed by atoms with E-state index in [1.165, 1.54) is 52.8 Å². The van der Waals surface area contributed by atoms with E-state index < -0.39 is 13.5 Å². The number of ether oxygens (including phenoxy) is 1. The molecule has 2 saturated heterocycles. The van der Waals surface area contributed by atoms with Gasteiger partial charge in [-0.05, 0) is 75.5 Å². The van der Waals surface area contributed by atoms with Gasteiger partial charge < -0.3 is 14.6 Å². The summed E-state index contributed by atoms with van der Waals surface area (Å²) in [4.78, 5) is 25.0. The van der Waals surface area contributed by atoms with E-state index in [1.807, 2.05) is 12.3 Å². The topological polar surface area (TPSA) is 58.2 Å². The first-order valence-electron chi connectivity index (χ1n) is 15.8. The number of carbonyl (C=O) groups excluding carboxylic acids is 1. The van der Waals surface area contributed by atoms with Crippen molar-refractivity contribution in [3.05, 3.63) is 59.4 Å². The van der Waals surface area contributed by atoms with Crippen LogP contribution in [-0.4, -0.2) is 48.0 Å². The predicted molar refractivity (Wildman–Crippen MR) is 168 cm³/mol. The van der Waals surface area contributed by atoms with Gasteiger partial charge in [0.2, 0.25) is 5.91 Å². The molecule has 3 aliphatic rings. The smallest absolute Gasteiger partial charge is 0.234 e. The summed E-state index contributed by atoms with van der Waals surface area (Å²) in [6.07, 6.45) is 8.84. The van der Waals surface area contributed by atoms with Crippen LogP contribution in [0.5, 0.6) is 0 Å². The van der Waals surface area contributed by atoms with E-state index in [2.05, 4.69) is 74.8 Å². The molecule has 1 aromatic carbocycles. The van der Waals surface area contributed by atoms with Crippen molar-refractivity contribution >= 4 is 30.2 Å². The molecule has 40 heavy (non-hydrogen) atoms. The number of hydrogen-bond acceptors (Lipinski definition) is 3. The minimum absolute atomic E-state index is 0.250. The molecular weight excluding hydrogens is 510 g/mol. The third kappa shape index (κ3) is 5.54. The van der Waals surface area contributed by atoms with Crippen molar-refractivity contribution in [2.75, 3.05) is 13.2 Å². The Morgan fingerprint density at radius 1 is 1.07 bits per heavy atom. The summed E-state index contributed by atoms with van der Waals surface area (Å²) in [5.74, 6) is 0.929. The number of aromatic amines is 1. The zero-order chi connectivity index (χ0) is 28.3. The Morgan fingerprint density at radius 3 is 2.40 bits per heavy atom. The lowest BCUT2D eigenvalue weighted by Gasteiger charge is -2.47. The van der Waals surface area contributed by atoms with E-state index in [0.29, 0.717) is 18.6 Å². The fourth-order valence-corrected chi connectivity index (χ4v) is 11.2. The van der Waals surface area contributed by atoms with Crippen molar-refractivity contribution in [3.63, 3.8) is 0 Å². The van der Waals surface area contributed by atoms with Gasteiger partial charge in [0, 0.05) is 29.9 Å². The maximum Gasteiger partial charge on any atom is 0.234 e. The maximum atomic E-state index is 14.0. The second kappa shape index (κ2) is 12.2. The highest BCUT2D eigenvalue weighted by atomic mass is 28.3. The number of fused-ring (bicyclic) bond motifs is 4. The molecule has 216 valence electrons. The number of nitrogens with zero attached hydrogens (tertiary/aromatic N) is 2. The fraction of sp³-hybridized carbons (Fsp3) is 0.588. The number of nitrogens with one attached hydrogen (secondary N) is 1. The van der Waals surface area contributed by atoms with Gasteiger partial charge in [0.1, 0.15) is 8.07 Å². The Bertz CT molecular complexity index is 1280. The van der Waals surface area contributed by atoms with Gasteiger partial charge >= 0.3 is 0 Å². The molecule has 1 amide bonds. The van der Waals surface area contributed by atoms with Crippen LogP contribution in [0.3, 0.4) is 0 Å². The Morgan fingerprint density at radius 2 is 1.77 bits per heavy atom. The van der Waals surface area contributed by atoms with Crippen LogP contribution in [0.15, 0.2) is 42.6 Å².